The summed E-state index contributed by atoms with van der Waals surface area (Å²) in [6.07, 6.45) is 0.505. The number of hydrazine groups is 1. The highest BCUT2D eigenvalue weighted by Gasteiger charge is 2.23. The van der Waals surface area contributed by atoms with Crippen LogP contribution in [0.25, 0.3) is 16.9 Å². The maximum Gasteiger partial charge on any atom is 0.279 e. The number of hydrogen-bond acceptors (Lipinski definition) is 5. The summed E-state index contributed by atoms with van der Waals surface area (Å²) in [6, 6.07) is 22.2. The van der Waals surface area contributed by atoms with E-state index >= 15 is 0 Å². The molecule has 0 bridgehead atoms. The number of hydrogen-bond donors (Lipinski definition) is 2. The van der Waals surface area contributed by atoms with Crippen LogP contribution in [-0.4, -0.2) is 34.8 Å². The van der Waals surface area contributed by atoms with Crippen molar-refractivity contribution in [1.29, 1.82) is 0 Å². The highest BCUT2D eigenvalue weighted by atomic mass is 19.1. The highest BCUT2D eigenvalue weighted by molar-refractivity contribution is 6.01. The smallest absolute Gasteiger partial charge is 0.279 e. The molecule has 3 aromatic carbocycles. The molecule has 4 aromatic rings. The first-order chi connectivity index (χ1) is 17.0. The average Bonchev–Trinajstić information content (AvgIpc) is 3.34. The number of benzene rings is 3. The lowest BCUT2D eigenvalue weighted by Crippen LogP contribution is -2.47. The molecule has 4 rings (SSSR count). The quantitative estimate of drug-likeness (QED) is 0.396. The van der Waals surface area contributed by atoms with Crippen LogP contribution in [0, 0.1) is 5.82 Å². The maximum atomic E-state index is 13.8. The summed E-state index contributed by atoms with van der Waals surface area (Å²) in [5, 5.41) is 4.60. The first-order valence-corrected chi connectivity index (χ1v) is 10.8. The Morgan fingerprint density at radius 2 is 1.57 bits per heavy atom. The fraction of sp³-hybridized carbons (Fsp3) is 0.115. The van der Waals surface area contributed by atoms with Gasteiger partial charge in [0.1, 0.15) is 11.4 Å². The van der Waals surface area contributed by atoms with Crippen LogP contribution in [-0.2, 0) is 4.79 Å². The van der Waals surface area contributed by atoms with Crippen molar-refractivity contribution in [1.82, 2.24) is 20.6 Å². The minimum Gasteiger partial charge on any atom is -0.496 e. The Morgan fingerprint density at radius 3 is 2.29 bits per heavy atom. The van der Waals surface area contributed by atoms with E-state index in [0.29, 0.717) is 17.0 Å². The summed E-state index contributed by atoms with van der Waals surface area (Å²) >= 11 is 0. The average molecular weight is 474 g/mol. The van der Waals surface area contributed by atoms with Gasteiger partial charge in [0.2, 0.25) is 0 Å². The molecular formula is C26H23FN4O4. The summed E-state index contributed by atoms with van der Waals surface area (Å²) in [7, 11) is 1.53. The molecule has 1 unspecified atom stereocenters. The lowest BCUT2D eigenvalue weighted by Gasteiger charge is -2.15. The Morgan fingerprint density at radius 1 is 0.914 bits per heavy atom. The van der Waals surface area contributed by atoms with Crippen LogP contribution in [0.5, 0.6) is 11.5 Å². The van der Waals surface area contributed by atoms with Crippen molar-refractivity contribution < 1.29 is 23.5 Å². The van der Waals surface area contributed by atoms with Crippen LogP contribution in [0.3, 0.4) is 0 Å². The van der Waals surface area contributed by atoms with Crippen LogP contribution < -0.4 is 20.3 Å². The number of aromatic nitrogens is 2. The van der Waals surface area contributed by atoms with Gasteiger partial charge < -0.3 is 9.47 Å². The summed E-state index contributed by atoms with van der Waals surface area (Å²) in [6.45, 7) is 1.45. The molecule has 0 aliphatic carbocycles. The zero-order valence-electron chi connectivity index (χ0n) is 19.1. The lowest BCUT2D eigenvalue weighted by molar-refractivity contribution is -0.128. The third kappa shape index (κ3) is 5.30. The molecule has 1 heterocycles. The van der Waals surface area contributed by atoms with Gasteiger partial charge in [-0.2, -0.15) is 5.10 Å². The van der Waals surface area contributed by atoms with E-state index in [0.717, 1.165) is 5.69 Å². The fourth-order valence-corrected chi connectivity index (χ4v) is 3.36. The largest absolute Gasteiger partial charge is 0.496 e. The molecule has 0 saturated carbocycles. The third-order valence-corrected chi connectivity index (χ3v) is 5.15. The number of halogens is 1. The van der Waals surface area contributed by atoms with E-state index in [1.54, 1.807) is 29.1 Å². The Kier molecular flexibility index (Phi) is 7.06. The minimum atomic E-state index is -1.06. The summed E-state index contributed by atoms with van der Waals surface area (Å²) in [5.74, 6) is -1.37. The molecule has 2 N–H and O–H groups in total. The summed E-state index contributed by atoms with van der Waals surface area (Å²) in [5.41, 5.74) is 6.64. The van der Waals surface area contributed by atoms with Gasteiger partial charge in [0, 0.05) is 11.8 Å². The van der Waals surface area contributed by atoms with E-state index in [1.807, 2.05) is 42.5 Å². The van der Waals surface area contributed by atoms with Gasteiger partial charge in [-0.05, 0) is 43.3 Å². The molecule has 0 saturated heterocycles. The van der Waals surface area contributed by atoms with Gasteiger partial charge in [-0.1, -0.05) is 42.5 Å². The predicted molar refractivity (Wildman–Crippen MR) is 128 cm³/mol. The molecule has 178 valence electrons. The fourth-order valence-electron chi connectivity index (χ4n) is 3.36. The number of nitrogens with one attached hydrogen (secondary N) is 2. The Labute approximate surface area is 201 Å². The molecular weight excluding hydrogens is 451 g/mol. The number of methoxy groups -OCH3 is 1. The van der Waals surface area contributed by atoms with Crippen molar-refractivity contribution in [3.8, 4) is 28.4 Å². The van der Waals surface area contributed by atoms with Crippen LogP contribution >= 0.6 is 0 Å². The first kappa shape index (κ1) is 23.5. The monoisotopic (exact) mass is 474 g/mol. The van der Waals surface area contributed by atoms with Crippen molar-refractivity contribution in [2.24, 2.45) is 0 Å². The second kappa shape index (κ2) is 10.5. The van der Waals surface area contributed by atoms with E-state index in [-0.39, 0.29) is 11.3 Å². The van der Waals surface area contributed by atoms with E-state index in [1.165, 1.54) is 32.2 Å². The molecule has 35 heavy (non-hydrogen) atoms. The van der Waals surface area contributed by atoms with Crippen LogP contribution in [0.15, 0.2) is 85.1 Å². The van der Waals surface area contributed by atoms with Crippen molar-refractivity contribution in [3.63, 3.8) is 0 Å². The van der Waals surface area contributed by atoms with Gasteiger partial charge in [-0.25, -0.2) is 9.07 Å². The zero-order valence-corrected chi connectivity index (χ0v) is 19.1. The standard InChI is InChI=1S/C26H23FN4O4/c1-17(35-23-15-9-7-13-21(23)27)25(32)28-29-26(33)20-16-31(18-10-4-3-5-11-18)30-24(20)19-12-6-8-14-22(19)34-2/h3-17H,1-2H3,(H,28,32)(H,29,33). The van der Waals surface area contributed by atoms with E-state index in [4.69, 9.17) is 9.47 Å². The number of carbonyl (C=O) groups excluding carboxylic acids is 2. The number of amides is 2. The molecule has 0 aliphatic rings. The molecule has 0 spiro atoms. The number of ether oxygens (including phenoxy) is 2. The SMILES string of the molecule is COc1ccccc1-c1nn(-c2ccccc2)cc1C(=O)NNC(=O)C(C)Oc1ccccc1F. The molecule has 1 aromatic heterocycles. The van der Waals surface area contributed by atoms with Gasteiger partial charge >= 0.3 is 0 Å². The van der Waals surface area contributed by atoms with Gasteiger partial charge in [-0.15, -0.1) is 0 Å². The molecule has 1 atom stereocenters. The van der Waals surface area contributed by atoms with E-state index in [9.17, 15) is 14.0 Å². The number of nitrogens with zero attached hydrogens (tertiary/aromatic N) is 2. The third-order valence-electron chi connectivity index (χ3n) is 5.15. The number of rotatable bonds is 7. The molecule has 0 aliphatic heterocycles. The predicted octanol–water partition coefficient (Wildman–Crippen LogP) is 3.92. The van der Waals surface area contributed by atoms with Gasteiger partial charge in [0.05, 0.1) is 18.4 Å². The minimum absolute atomic E-state index is 0.0657. The normalized spacial score (nSPS) is 11.4. The molecule has 8 nitrogen and oxygen atoms in total. The second-order valence-corrected chi connectivity index (χ2v) is 7.51. The second-order valence-electron chi connectivity index (χ2n) is 7.51. The van der Waals surface area contributed by atoms with Crippen molar-refractivity contribution in [3.05, 3.63) is 96.4 Å². The summed E-state index contributed by atoms with van der Waals surface area (Å²) in [4.78, 5) is 25.6. The van der Waals surface area contributed by atoms with Crippen LogP contribution in [0.2, 0.25) is 0 Å². The zero-order chi connectivity index (χ0) is 24.8. The Balaban J connectivity index is 1.56. The number of carbonyl (C=O) groups is 2. The van der Waals surface area contributed by atoms with Crippen molar-refractivity contribution in [2.75, 3.05) is 7.11 Å². The van der Waals surface area contributed by atoms with Gasteiger partial charge in [0.25, 0.3) is 11.8 Å². The molecule has 0 fully saturated rings. The van der Waals surface area contributed by atoms with Crippen molar-refractivity contribution >= 4 is 11.8 Å². The summed E-state index contributed by atoms with van der Waals surface area (Å²) < 4.78 is 26.2. The Hall–Kier alpha value is -4.66. The lowest BCUT2D eigenvalue weighted by atomic mass is 10.1. The van der Waals surface area contributed by atoms with E-state index < -0.39 is 23.7 Å². The van der Waals surface area contributed by atoms with Gasteiger partial charge in [-0.3, -0.25) is 20.4 Å². The first-order valence-electron chi connectivity index (χ1n) is 10.8. The van der Waals surface area contributed by atoms with Crippen LogP contribution in [0.1, 0.15) is 17.3 Å². The highest BCUT2D eigenvalue weighted by Crippen LogP contribution is 2.31. The maximum absolute atomic E-state index is 13.8. The molecule has 2 amide bonds. The Bertz CT molecular complexity index is 1340. The van der Waals surface area contributed by atoms with Crippen molar-refractivity contribution in [2.45, 2.75) is 13.0 Å². The van der Waals surface area contributed by atoms with E-state index in [2.05, 4.69) is 16.0 Å². The topological polar surface area (TPSA) is 94.5 Å². The molecule has 9 heteroatoms. The molecule has 0 radical (unpaired) electrons. The van der Waals surface area contributed by atoms with Gasteiger partial charge in [0.15, 0.2) is 17.7 Å². The number of para-hydroxylation sites is 3. The van der Waals surface area contributed by atoms with Crippen LogP contribution in [0.4, 0.5) is 4.39 Å².